The van der Waals surface area contributed by atoms with Crippen LogP contribution in [0.15, 0.2) is 328 Å². The van der Waals surface area contributed by atoms with Gasteiger partial charge in [0.05, 0.1) is 62.6 Å². The van der Waals surface area contributed by atoms with Crippen LogP contribution in [0.4, 0.5) is 0 Å². The normalized spacial score (nSPS) is 13.9. The van der Waals surface area contributed by atoms with E-state index in [9.17, 15) is 0 Å². The van der Waals surface area contributed by atoms with E-state index in [1.54, 1.807) is 0 Å². The van der Waals surface area contributed by atoms with Crippen LogP contribution in [0.25, 0.3) is 195 Å². The average molecular weight is 1460 g/mol. The fourth-order valence-electron chi connectivity index (χ4n) is 19.5. The molecule has 0 unspecified atom stereocenters. The van der Waals surface area contributed by atoms with E-state index < -0.39 is 0 Å². The highest BCUT2D eigenvalue weighted by molar-refractivity contribution is 6.17. The highest BCUT2D eigenvalue weighted by Crippen LogP contribution is 2.57. The molecule has 0 amide bonds. The monoisotopic (exact) mass is 1460 g/mol. The van der Waals surface area contributed by atoms with Gasteiger partial charge >= 0.3 is 0 Å². The summed E-state index contributed by atoms with van der Waals surface area (Å²) in [7, 11) is 0. The van der Waals surface area contributed by atoms with Crippen molar-refractivity contribution in [1.29, 1.82) is 0 Å². The van der Waals surface area contributed by atoms with Crippen molar-refractivity contribution in [1.82, 2.24) is 48.6 Å². The van der Waals surface area contributed by atoms with Gasteiger partial charge in [-0.2, -0.15) is 0 Å². The Labute approximate surface area is 658 Å². The summed E-state index contributed by atoms with van der Waals surface area (Å²) in [5.74, 6) is 3.15. The smallest absolute Gasteiger partial charge is 0.235 e. The van der Waals surface area contributed by atoms with Crippen molar-refractivity contribution in [2.45, 2.75) is 57.8 Å². The zero-order valence-electron chi connectivity index (χ0n) is 63.6. The van der Waals surface area contributed by atoms with E-state index in [-0.39, 0.29) is 16.2 Å². The lowest BCUT2D eigenvalue weighted by atomic mass is 9.80. The molecule has 0 N–H and O–H groups in total. The first kappa shape index (κ1) is 65.5. The lowest BCUT2D eigenvalue weighted by Crippen LogP contribution is -2.15. The zero-order chi connectivity index (χ0) is 76.0. The van der Waals surface area contributed by atoms with E-state index >= 15 is 0 Å². The van der Waals surface area contributed by atoms with Gasteiger partial charge in [0, 0.05) is 87.6 Å². The van der Waals surface area contributed by atoms with Crippen LogP contribution < -0.4 is 0 Å². The number of nitrogens with zero attached hydrogens (tertiary/aromatic N) is 10. The fourth-order valence-corrected chi connectivity index (χ4v) is 19.5. The van der Waals surface area contributed by atoms with Crippen LogP contribution in [0.2, 0.25) is 0 Å². The van der Waals surface area contributed by atoms with E-state index in [2.05, 4.69) is 340 Å². The summed E-state index contributed by atoms with van der Waals surface area (Å²) in [4.78, 5) is 36.8. The van der Waals surface area contributed by atoms with Crippen LogP contribution in [-0.4, -0.2) is 48.6 Å². The topological polar surface area (TPSA) is 105 Å². The summed E-state index contributed by atoms with van der Waals surface area (Å²) in [6, 6.07) is 114. The molecule has 0 radical (unpaired) electrons. The third kappa shape index (κ3) is 9.64. The molecule has 6 heterocycles. The maximum Gasteiger partial charge on any atom is 0.235 e. The third-order valence-electron chi connectivity index (χ3n) is 25.0. The van der Waals surface area contributed by atoms with E-state index in [4.69, 9.17) is 34.9 Å². The molecule has 23 rings (SSSR count). The zero-order valence-corrected chi connectivity index (χ0v) is 63.6. The van der Waals surface area contributed by atoms with Crippen LogP contribution in [-0.2, 0) is 16.2 Å². The minimum atomic E-state index is -0.388. The SMILES string of the molecule is CC1(C)c2ccccc2-c2cc3c4ccccc4n(-c4ccc(-c5nc(-c6ccccc6)nc(-c6ccc(-c7ccc8c(c7)C(C)(C)c7c-8ccc8c7c7ccccc7n8-c7cnc(-c8ccc9c(c8)C(C)(C)c8c-9ccc9c8c8ccccc8n9-c8nc(-c9ccccc9)cc(-c9ccccc9)n8)nc7)cc6)n5)cc4)c3cc21. The predicted octanol–water partition coefficient (Wildman–Crippen LogP) is 25.3. The number of hydrogen-bond acceptors (Lipinski definition) is 7. The second kappa shape index (κ2) is 24.3. The van der Waals surface area contributed by atoms with Crippen LogP contribution >= 0.6 is 0 Å². The number of benzene rings is 14. The largest absolute Gasteiger partial charge is 0.309 e. The van der Waals surface area contributed by atoms with Crippen molar-refractivity contribution in [2.75, 3.05) is 0 Å². The van der Waals surface area contributed by atoms with E-state index in [0.29, 0.717) is 29.2 Å². The number of para-hydroxylation sites is 3. The number of hydrogen-bond donors (Lipinski definition) is 0. The van der Waals surface area contributed by atoms with Crippen LogP contribution in [0.1, 0.15) is 74.9 Å². The molecule has 0 fully saturated rings. The molecule has 3 aliphatic carbocycles. The van der Waals surface area contributed by atoms with Crippen LogP contribution in [0.3, 0.4) is 0 Å². The Kier molecular flexibility index (Phi) is 14.0. The van der Waals surface area contributed by atoms with Crippen molar-refractivity contribution in [3.63, 3.8) is 0 Å². The molecule has 538 valence electrons. The molecule has 0 spiro atoms. The highest BCUT2D eigenvalue weighted by Gasteiger charge is 2.42. The van der Waals surface area contributed by atoms with Crippen LogP contribution in [0.5, 0.6) is 0 Å². The summed E-state index contributed by atoms with van der Waals surface area (Å²) in [6.45, 7) is 14.2. The third-order valence-corrected chi connectivity index (χ3v) is 25.0. The number of aromatic nitrogens is 10. The molecule has 114 heavy (non-hydrogen) atoms. The molecule has 0 saturated heterocycles. The van der Waals surface area contributed by atoms with E-state index in [1.807, 2.05) is 42.7 Å². The quantitative estimate of drug-likeness (QED) is 0.134. The van der Waals surface area contributed by atoms with Gasteiger partial charge in [0.2, 0.25) is 5.95 Å². The van der Waals surface area contributed by atoms with E-state index in [1.165, 1.54) is 105 Å². The Morgan fingerprint density at radius 3 is 1.22 bits per heavy atom. The summed E-state index contributed by atoms with van der Waals surface area (Å²) >= 11 is 0. The molecular formula is C104H72N10. The van der Waals surface area contributed by atoms with Gasteiger partial charge in [-0.05, 0) is 163 Å². The minimum Gasteiger partial charge on any atom is -0.309 e. The van der Waals surface area contributed by atoms with Crippen molar-refractivity contribution >= 4 is 65.4 Å². The average Bonchev–Trinajstić information content (AvgIpc) is 1.59. The van der Waals surface area contributed by atoms with Gasteiger partial charge in [-0.1, -0.05) is 272 Å². The molecule has 0 saturated carbocycles. The lowest BCUT2D eigenvalue weighted by molar-refractivity contribution is 0.661. The standard InChI is InChI=1S/C104H72N10/c1-102(2)81-34-20-16-30-71(81)79-56-80-74-31-17-21-35-87(74)112(92(80)57-84(79)102)69-46-42-66(43-47-69)100-110-98(64-28-14-9-15-29-64)109-99(111-100)65-40-38-61(39-41-65)67-44-48-72-75-50-52-90-93(95(75)103(3,4)82(72)54-67)77-32-18-22-36-88(77)113(90)70-59-105-97(106-60-70)68-45-49-73-76-51-53-91-94(96(76)104(5,6)83(73)55-68)78-33-19-23-37-89(78)114(91)101-107-85(62-24-10-7-11-25-62)58-86(108-101)63-26-12-8-13-27-63/h7-60H,1-6H3. The molecule has 10 heteroatoms. The Balaban J connectivity index is 0.547. The van der Waals surface area contributed by atoms with E-state index in [0.717, 1.165) is 94.7 Å². The summed E-state index contributed by atoms with van der Waals surface area (Å²) in [5, 5.41) is 7.29. The molecule has 3 aliphatic rings. The van der Waals surface area contributed by atoms with Gasteiger partial charge in [-0.25, -0.2) is 34.9 Å². The Hall–Kier alpha value is -14.4. The second-order valence-electron chi connectivity index (χ2n) is 32.4. The van der Waals surface area contributed by atoms with Gasteiger partial charge in [0.25, 0.3) is 0 Å². The van der Waals surface area contributed by atoms with Gasteiger partial charge in [-0.15, -0.1) is 0 Å². The molecule has 14 aromatic carbocycles. The molecule has 0 bridgehead atoms. The van der Waals surface area contributed by atoms with Crippen molar-refractivity contribution in [2.24, 2.45) is 0 Å². The second-order valence-corrected chi connectivity index (χ2v) is 32.4. The van der Waals surface area contributed by atoms with Gasteiger partial charge in [0.1, 0.15) is 0 Å². The van der Waals surface area contributed by atoms with Crippen LogP contribution in [0, 0.1) is 0 Å². The van der Waals surface area contributed by atoms with Gasteiger partial charge in [-0.3, -0.25) is 4.57 Å². The Morgan fingerprint density at radius 1 is 0.228 bits per heavy atom. The Bertz CT molecular complexity index is 7400. The molecular weight excluding hydrogens is 1390 g/mol. The molecule has 0 aliphatic heterocycles. The minimum absolute atomic E-state index is 0.127. The first-order chi connectivity index (χ1) is 55.8. The molecule has 20 aromatic rings. The molecule has 10 nitrogen and oxygen atoms in total. The fraction of sp³-hybridized carbons (Fsp3) is 0.0865. The summed E-state index contributed by atoms with van der Waals surface area (Å²) in [6.07, 6.45) is 4.00. The first-order valence-electron chi connectivity index (χ1n) is 39.3. The van der Waals surface area contributed by atoms with Gasteiger partial charge < -0.3 is 9.13 Å². The molecule has 0 atom stereocenters. The first-order valence-corrected chi connectivity index (χ1v) is 39.3. The predicted molar refractivity (Wildman–Crippen MR) is 465 cm³/mol. The number of fused-ring (bicyclic) bond motifs is 20. The maximum atomic E-state index is 5.35. The Morgan fingerprint density at radius 2 is 0.640 bits per heavy atom. The highest BCUT2D eigenvalue weighted by atomic mass is 15.2. The lowest BCUT2D eigenvalue weighted by Gasteiger charge is -2.23. The number of rotatable bonds is 10. The summed E-state index contributed by atoms with van der Waals surface area (Å²) in [5.41, 5.74) is 33.1. The molecule has 6 aromatic heterocycles. The van der Waals surface area contributed by atoms with Gasteiger partial charge in [0.15, 0.2) is 23.3 Å². The maximum absolute atomic E-state index is 5.35. The summed E-state index contributed by atoms with van der Waals surface area (Å²) < 4.78 is 7.02. The van der Waals surface area contributed by atoms with Crippen molar-refractivity contribution in [3.05, 3.63) is 361 Å². The van der Waals surface area contributed by atoms with Crippen molar-refractivity contribution < 1.29 is 0 Å². The van der Waals surface area contributed by atoms with Crippen molar-refractivity contribution in [3.8, 4) is 130 Å².